The van der Waals surface area contributed by atoms with Gasteiger partial charge in [-0.2, -0.15) is 0 Å². The molecule has 0 aliphatic carbocycles. The molecule has 9 aromatic carbocycles. The molecule has 13 rings (SSSR count). The molecular weight excluding hydrogens is 741 g/mol. The van der Waals surface area contributed by atoms with Gasteiger partial charge < -0.3 is 8.98 Å². The van der Waals surface area contributed by atoms with Crippen LogP contribution in [0.15, 0.2) is 186 Å². The third-order valence-corrected chi connectivity index (χ3v) is 13.0. The van der Waals surface area contributed by atoms with Crippen LogP contribution < -0.4 is 0 Å². The molecule has 0 spiro atoms. The number of nitrogens with zero attached hydrogens (tertiary/aromatic N) is 4. The second-order valence-corrected chi connectivity index (χ2v) is 16.2. The first-order valence-electron chi connectivity index (χ1n) is 19.8. The van der Waals surface area contributed by atoms with Gasteiger partial charge in [0.15, 0.2) is 17.5 Å². The lowest BCUT2D eigenvalue weighted by atomic mass is 10.00. The van der Waals surface area contributed by atoms with Crippen LogP contribution in [0.25, 0.3) is 125 Å². The molecule has 0 amide bonds. The molecule has 4 aromatic heterocycles. The number of hydrogen-bond donors (Lipinski definition) is 0. The third-order valence-electron chi connectivity index (χ3n) is 11.8. The van der Waals surface area contributed by atoms with Crippen molar-refractivity contribution in [3.8, 4) is 39.9 Å². The summed E-state index contributed by atoms with van der Waals surface area (Å²) in [6.45, 7) is 0. The number of fused-ring (bicyclic) bond motifs is 13. The van der Waals surface area contributed by atoms with Crippen molar-refractivity contribution in [2.24, 2.45) is 0 Å². The molecule has 0 atom stereocenters. The summed E-state index contributed by atoms with van der Waals surface area (Å²) in [7, 11) is 0. The molecule has 0 unspecified atom stereocenters. The Morgan fingerprint density at radius 3 is 1.75 bits per heavy atom. The van der Waals surface area contributed by atoms with Crippen LogP contribution in [0.3, 0.4) is 0 Å². The second-order valence-electron chi connectivity index (χ2n) is 15.1. The van der Waals surface area contributed by atoms with E-state index < -0.39 is 0 Å². The van der Waals surface area contributed by atoms with Gasteiger partial charge in [-0.25, -0.2) is 15.0 Å². The zero-order valence-electron chi connectivity index (χ0n) is 31.4. The molecule has 0 bridgehead atoms. The average molecular weight is 771 g/mol. The fourth-order valence-electron chi connectivity index (χ4n) is 9.14. The van der Waals surface area contributed by atoms with E-state index in [4.69, 9.17) is 19.4 Å². The molecule has 0 aliphatic heterocycles. The van der Waals surface area contributed by atoms with E-state index in [9.17, 15) is 0 Å². The van der Waals surface area contributed by atoms with Crippen LogP contribution in [0, 0.1) is 0 Å². The van der Waals surface area contributed by atoms with Crippen LogP contribution in [-0.2, 0) is 0 Å². The molecule has 5 nitrogen and oxygen atoms in total. The van der Waals surface area contributed by atoms with Gasteiger partial charge in [-0.3, -0.25) is 0 Å². The summed E-state index contributed by atoms with van der Waals surface area (Å²) in [4.78, 5) is 15.8. The first-order chi connectivity index (χ1) is 29.2. The van der Waals surface area contributed by atoms with E-state index in [-0.39, 0.29) is 0 Å². The Hall–Kier alpha value is -7.67. The summed E-state index contributed by atoms with van der Waals surface area (Å²) in [5.41, 5.74) is 7.76. The van der Waals surface area contributed by atoms with Crippen molar-refractivity contribution in [3.05, 3.63) is 182 Å². The molecule has 0 aliphatic rings. The fourth-order valence-corrected chi connectivity index (χ4v) is 10.3. The van der Waals surface area contributed by atoms with Gasteiger partial charge in [-0.15, -0.1) is 11.3 Å². The Bertz CT molecular complexity index is 3770. The maximum absolute atomic E-state index is 6.34. The van der Waals surface area contributed by atoms with Gasteiger partial charge in [-0.1, -0.05) is 133 Å². The van der Waals surface area contributed by atoms with E-state index in [1.165, 1.54) is 47.8 Å². The summed E-state index contributed by atoms with van der Waals surface area (Å²) < 4.78 is 11.1. The van der Waals surface area contributed by atoms with Crippen LogP contribution in [0.5, 0.6) is 0 Å². The Balaban J connectivity index is 1.13. The van der Waals surface area contributed by atoms with E-state index in [0.717, 1.165) is 60.0 Å². The van der Waals surface area contributed by atoms with Crippen LogP contribution in [-0.4, -0.2) is 19.5 Å². The van der Waals surface area contributed by atoms with Crippen LogP contribution >= 0.6 is 11.3 Å². The molecule has 0 radical (unpaired) electrons. The molecular formula is C53H30N4OS. The minimum Gasteiger partial charge on any atom is -0.456 e. The zero-order valence-corrected chi connectivity index (χ0v) is 32.2. The van der Waals surface area contributed by atoms with Gasteiger partial charge in [0.1, 0.15) is 11.2 Å². The Morgan fingerprint density at radius 2 is 1.00 bits per heavy atom. The summed E-state index contributed by atoms with van der Waals surface area (Å²) in [5, 5.41) is 12.0. The predicted octanol–water partition coefficient (Wildman–Crippen LogP) is 14.5. The van der Waals surface area contributed by atoms with E-state index in [2.05, 4.69) is 150 Å². The topological polar surface area (TPSA) is 56.7 Å². The smallest absolute Gasteiger partial charge is 0.165 e. The van der Waals surface area contributed by atoms with Gasteiger partial charge >= 0.3 is 0 Å². The lowest BCUT2D eigenvalue weighted by Gasteiger charge is -2.13. The maximum Gasteiger partial charge on any atom is 0.165 e. The molecule has 59 heavy (non-hydrogen) atoms. The number of rotatable bonds is 4. The van der Waals surface area contributed by atoms with Crippen molar-refractivity contribution >= 4 is 96.8 Å². The van der Waals surface area contributed by atoms with E-state index >= 15 is 0 Å². The van der Waals surface area contributed by atoms with Crippen LogP contribution in [0.1, 0.15) is 0 Å². The molecule has 6 heteroatoms. The van der Waals surface area contributed by atoms with Gasteiger partial charge in [0.25, 0.3) is 0 Å². The van der Waals surface area contributed by atoms with Crippen molar-refractivity contribution in [2.75, 3.05) is 0 Å². The van der Waals surface area contributed by atoms with Gasteiger partial charge in [0.05, 0.1) is 11.0 Å². The van der Waals surface area contributed by atoms with Gasteiger partial charge in [0.2, 0.25) is 0 Å². The molecule has 0 saturated heterocycles. The predicted molar refractivity (Wildman–Crippen MR) is 246 cm³/mol. The highest BCUT2D eigenvalue weighted by molar-refractivity contribution is 7.26. The molecule has 274 valence electrons. The molecule has 0 N–H and O–H groups in total. The van der Waals surface area contributed by atoms with Crippen LogP contribution in [0.2, 0.25) is 0 Å². The number of aromatic nitrogens is 4. The van der Waals surface area contributed by atoms with E-state index in [1.54, 1.807) is 11.3 Å². The molecule has 0 saturated carbocycles. The minimum absolute atomic E-state index is 0.589. The quantitative estimate of drug-likeness (QED) is 0.179. The fraction of sp³-hybridized carbons (Fsp3) is 0. The van der Waals surface area contributed by atoms with Crippen molar-refractivity contribution in [1.29, 1.82) is 0 Å². The highest BCUT2D eigenvalue weighted by Gasteiger charge is 2.22. The zero-order chi connectivity index (χ0) is 38.6. The van der Waals surface area contributed by atoms with Crippen molar-refractivity contribution < 1.29 is 4.42 Å². The molecule has 0 fully saturated rings. The monoisotopic (exact) mass is 770 g/mol. The largest absolute Gasteiger partial charge is 0.456 e. The normalized spacial score (nSPS) is 12.1. The summed E-state index contributed by atoms with van der Waals surface area (Å²) >= 11 is 1.78. The first-order valence-corrected chi connectivity index (χ1v) is 20.6. The Morgan fingerprint density at radius 1 is 0.407 bits per heavy atom. The Kier molecular flexibility index (Phi) is 6.82. The number of para-hydroxylation sites is 1. The van der Waals surface area contributed by atoms with Gasteiger partial charge in [-0.05, 0) is 70.1 Å². The summed E-state index contributed by atoms with van der Waals surface area (Å²) in [5.74, 6) is 1.82. The number of thiophene rings is 1. The maximum atomic E-state index is 6.34. The second kappa shape index (κ2) is 12.4. The standard InChI is InChI=1S/C53H30N4OS/c1-2-14-33(15-3-1)51-54-52(34-22-25-39-38-18-8-10-20-45(38)58-46(39)28-34)56-53(55-51)42-30-35(29-41-40-19-9-11-21-47(40)59-50(41)42)57-43-26-23-31-12-4-6-16-36(31)48(43)49-37-17-7-5-13-32(37)24-27-44(49)57/h1-30H. The number of benzene rings is 9. The SMILES string of the molecule is c1ccc(-c2nc(-c3ccc4c(c3)oc3ccccc34)nc(-c3cc(-n4c5ccc6ccccc6c5c5c6ccccc6ccc54)cc4c3sc3ccccc34)n2)cc1. The summed E-state index contributed by atoms with van der Waals surface area (Å²) in [6.07, 6.45) is 0. The van der Waals surface area contributed by atoms with Gasteiger partial charge in [0, 0.05) is 64.1 Å². The Labute approximate surface area is 341 Å². The lowest BCUT2D eigenvalue weighted by Crippen LogP contribution is -2.01. The minimum atomic E-state index is 0.589. The third kappa shape index (κ3) is 4.87. The molecule has 4 heterocycles. The van der Waals surface area contributed by atoms with Crippen molar-refractivity contribution in [1.82, 2.24) is 19.5 Å². The highest BCUT2D eigenvalue weighted by Crippen LogP contribution is 2.45. The van der Waals surface area contributed by atoms with Crippen molar-refractivity contribution in [3.63, 3.8) is 0 Å². The molecule has 13 aromatic rings. The number of furan rings is 1. The summed E-state index contributed by atoms with van der Waals surface area (Å²) in [6, 6.07) is 64.4. The number of hydrogen-bond acceptors (Lipinski definition) is 5. The van der Waals surface area contributed by atoms with E-state index in [1.807, 2.05) is 36.4 Å². The van der Waals surface area contributed by atoms with E-state index in [0.29, 0.717) is 17.5 Å². The van der Waals surface area contributed by atoms with Crippen LogP contribution in [0.4, 0.5) is 0 Å². The first kappa shape index (κ1) is 32.4. The van der Waals surface area contributed by atoms with Crippen molar-refractivity contribution in [2.45, 2.75) is 0 Å². The lowest BCUT2D eigenvalue weighted by molar-refractivity contribution is 0.669. The highest BCUT2D eigenvalue weighted by atomic mass is 32.1. The average Bonchev–Trinajstić information content (AvgIpc) is 3.98.